The van der Waals surface area contributed by atoms with E-state index in [2.05, 4.69) is 17.1 Å². The average molecular weight is 293 g/mol. The molecule has 0 fully saturated rings. The summed E-state index contributed by atoms with van der Waals surface area (Å²) in [5.74, 6) is 0.0383. The number of amides is 1. The molecule has 1 amide bonds. The number of nitrogens with zero attached hydrogens (tertiary/aromatic N) is 1. The van der Waals surface area contributed by atoms with E-state index in [1.54, 1.807) is 7.11 Å². The van der Waals surface area contributed by atoms with Gasteiger partial charge in [0.25, 0.3) is 0 Å². The summed E-state index contributed by atoms with van der Waals surface area (Å²) in [6, 6.07) is 7.43. The summed E-state index contributed by atoms with van der Waals surface area (Å²) >= 11 is 0. The Labute approximate surface area is 127 Å². The van der Waals surface area contributed by atoms with Crippen molar-refractivity contribution in [3.63, 3.8) is 0 Å². The van der Waals surface area contributed by atoms with Gasteiger partial charge in [0.15, 0.2) is 0 Å². The molecule has 0 spiro atoms. The fourth-order valence-electron chi connectivity index (χ4n) is 2.17. The molecule has 1 rings (SSSR count). The third kappa shape index (κ3) is 5.63. The molecule has 0 saturated heterocycles. The molecule has 3 N–H and O–H groups in total. The molecule has 0 aliphatic heterocycles. The highest BCUT2D eigenvalue weighted by Gasteiger charge is 2.20. The first-order valence-corrected chi connectivity index (χ1v) is 7.49. The van der Waals surface area contributed by atoms with Gasteiger partial charge in [-0.2, -0.15) is 0 Å². The van der Waals surface area contributed by atoms with Crippen LogP contribution in [0.5, 0.6) is 0 Å². The Kier molecular flexibility index (Phi) is 7.61. The van der Waals surface area contributed by atoms with Crippen molar-refractivity contribution in [3.05, 3.63) is 24.3 Å². The first-order chi connectivity index (χ1) is 10.1. The lowest BCUT2D eigenvalue weighted by atomic mass is 10.2. The Morgan fingerprint density at radius 2 is 2.05 bits per heavy atom. The zero-order valence-electron chi connectivity index (χ0n) is 13.3. The molecule has 1 unspecified atom stereocenters. The predicted octanol–water partition coefficient (Wildman–Crippen LogP) is 2.03. The lowest BCUT2D eigenvalue weighted by molar-refractivity contribution is -0.122. The van der Waals surface area contributed by atoms with E-state index in [0.717, 1.165) is 30.8 Å². The fourth-order valence-corrected chi connectivity index (χ4v) is 2.17. The maximum absolute atomic E-state index is 12.2. The average Bonchev–Trinajstić information content (AvgIpc) is 2.49. The Morgan fingerprint density at radius 1 is 1.38 bits per heavy atom. The fraction of sp³-hybridized carbons (Fsp3) is 0.562. The van der Waals surface area contributed by atoms with Crippen LogP contribution in [0, 0.1) is 0 Å². The van der Waals surface area contributed by atoms with E-state index < -0.39 is 0 Å². The lowest BCUT2D eigenvalue weighted by Crippen LogP contribution is -2.46. The third-order valence-corrected chi connectivity index (χ3v) is 3.36. The van der Waals surface area contributed by atoms with E-state index in [1.165, 1.54) is 0 Å². The summed E-state index contributed by atoms with van der Waals surface area (Å²) in [7, 11) is 1.66. The summed E-state index contributed by atoms with van der Waals surface area (Å²) in [5, 5.41) is 2.95. The van der Waals surface area contributed by atoms with Crippen LogP contribution in [0.15, 0.2) is 24.3 Å². The molecule has 5 nitrogen and oxygen atoms in total. The van der Waals surface area contributed by atoms with Crippen LogP contribution in [0.2, 0.25) is 0 Å². The van der Waals surface area contributed by atoms with Gasteiger partial charge < -0.3 is 20.7 Å². The molecule has 0 aliphatic carbocycles. The molecule has 1 atom stereocenters. The van der Waals surface area contributed by atoms with E-state index in [-0.39, 0.29) is 11.9 Å². The number of nitrogens with one attached hydrogen (secondary N) is 1. The van der Waals surface area contributed by atoms with Crippen LogP contribution < -0.4 is 16.0 Å². The molecule has 5 heteroatoms. The van der Waals surface area contributed by atoms with Gasteiger partial charge in [-0.1, -0.05) is 6.92 Å². The largest absolute Gasteiger partial charge is 0.399 e. The maximum Gasteiger partial charge on any atom is 0.242 e. The molecule has 0 aromatic heterocycles. The molecule has 0 radical (unpaired) electrons. The number of benzene rings is 1. The summed E-state index contributed by atoms with van der Waals surface area (Å²) in [6.45, 7) is 6.16. The van der Waals surface area contributed by atoms with Crippen LogP contribution in [-0.2, 0) is 9.53 Å². The molecule has 21 heavy (non-hydrogen) atoms. The number of methoxy groups -OCH3 is 1. The molecule has 1 aromatic rings. The van der Waals surface area contributed by atoms with Gasteiger partial charge in [-0.15, -0.1) is 0 Å². The second-order valence-corrected chi connectivity index (χ2v) is 5.10. The van der Waals surface area contributed by atoms with Crippen molar-refractivity contribution < 1.29 is 9.53 Å². The number of carbonyl (C=O) groups is 1. The van der Waals surface area contributed by atoms with Crippen molar-refractivity contribution in [2.45, 2.75) is 32.7 Å². The van der Waals surface area contributed by atoms with Gasteiger partial charge in [-0.25, -0.2) is 0 Å². The highest BCUT2D eigenvalue weighted by atomic mass is 16.5. The number of carbonyl (C=O) groups excluding carboxylic acids is 1. The Morgan fingerprint density at radius 3 is 2.62 bits per heavy atom. The lowest BCUT2D eigenvalue weighted by Gasteiger charge is -2.30. The van der Waals surface area contributed by atoms with Crippen LogP contribution >= 0.6 is 0 Å². The van der Waals surface area contributed by atoms with Crippen LogP contribution in [0.4, 0.5) is 11.4 Å². The van der Waals surface area contributed by atoms with Crippen LogP contribution in [0.25, 0.3) is 0 Å². The zero-order valence-corrected chi connectivity index (χ0v) is 13.3. The third-order valence-electron chi connectivity index (χ3n) is 3.36. The SMILES string of the molecule is CCCN(c1ccc(N)cc1)C(C)C(=O)NCCCOC. The molecular weight excluding hydrogens is 266 g/mol. The smallest absolute Gasteiger partial charge is 0.242 e. The van der Waals surface area contributed by atoms with Crippen LogP contribution in [0.3, 0.4) is 0 Å². The Hall–Kier alpha value is -1.75. The van der Waals surface area contributed by atoms with Crippen molar-refractivity contribution in [2.75, 3.05) is 37.4 Å². The van der Waals surface area contributed by atoms with Gasteiger partial charge in [-0.05, 0) is 44.0 Å². The second-order valence-electron chi connectivity index (χ2n) is 5.10. The second kappa shape index (κ2) is 9.23. The van der Waals surface area contributed by atoms with Crippen molar-refractivity contribution >= 4 is 17.3 Å². The van der Waals surface area contributed by atoms with Crippen molar-refractivity contribution in [3.8, 4) is 0 Å². The first kappa shape index (κ1) is 17.3. The van der Waals surface area contributed by atoms with Crippen LogP contribution in [0.1, 0.15) is 26.7 Å². The molecule has 0 aliphatic rings. The number of nitrogen functional groups attached to an aromatic ring is 1. The van der Waals surface area contributed by atoms with E-state index in [9.17, 15) is 4.79 Å². The van der Waals surface area contributed by atoms with Crippen molar-refractivity contribution in [2.24, 2.45) is 0 Å². The van der Waals surface area contributed by atoms with Gasteiger partial charge in [0.05, 0.1) is 0 Å². The summed E-state index contributed by atoms with van der Waals surface area (Å²) < 4.78 is 4.98. The summed E-state index contributed by atoms with van der Waals surface area (Å²) in [4.78, 5) is 14.3. The highest BCUT2D eigenvalue weighted by Crippen LogP contribution is 2.19. The molecule has 0 bridgehead atoms. The number of rotatable bonds is 9. The number of hydrogen-bond donors (Lipinski definition) is 2. The number of anilines is 2. The van der Waals surface area contributed by atoms with Gasteiger partial charge in [0, 0.05) is 38.2 Å². The predicted molar refractivity (Wildman–Crippen MR) is 87.5 cm³/mol. The molecule has 118 valence electrons. The molecule has 0 saturated carbocycles. The van der Waals surface area contributed by atoms with Gasteiger partial charge in [0.1, 0.15) is 6.04 Å². The van der Waals surface area contributed by atoms with Gasteiger partial charge in [-0.3, -0.25) is 4.79 Å². The van der Waals surface area contributed by atoms with E-state index in [4.69, 9.17) is 10.5 Å². The van der Waals surface area contributed by atoms with Gasteiger partial charge >= 0.3 is 0 Å². The monoisotopic (exact) mass is 293 g/mol. The minimum atomic E-state index is -0.212. The minimum Gasteiger partial charge on any atom is -0.399 e. The van der Waals surface area contributed by atoms with Crippen molar-refractivity contribution in [1.82, 2.24) is 5.32 Å². The molecule has 0 heterocycles. The van der Waals surface area contributed by atoms with E-state index in [1.807, 2.05) is 31.2 Å². The number of ether oxygens (including phenoxy) is 1. The standard InChI is InChI=1S/C16H27N3O2/c1-4-11-19(15-8-6-14(17)7-9-15)13(2)16(20)18-10-5-12-21-3/h6-9,13H,4-5,10-12,17H2,1-3H3,(H,18,20). The Bertz CT molecular complexity index is 420. The summed E-state index contributed by atoms with van der Waals surface area (Å²) in [5.41, 5.74) is 7.47. The molecular formula is C16H27N3O2. The normalized spacial score (nSPS) is 12.0. The minimum absolute atomic E-state index is 0.0383. The number of nitrogens with two attached hydrogens (primary N) is 1. The van der Waals surface area contributed by atoms with Crippen LogP contribution in [-0.4, -0.2) is 38.8 Å². The highest BCUT2D eigenvalue weighted by molar-refractivity contribution is 5.84. The molecule has 1 aromatic carbocycles. The quantitative estimate of drug-likeness (QED) is 0.540. The topological polar surface area (TPSA) is 67.6 Å². The van der Waals surface area contributed by atoms with Gasteiger partial charge in [0.2, 0.25) is 5.91 Å². The van der Waals surface area contributed by atoms with E-state index >= 15 is 0 Å². The summed E-state index contributed by atoms with van der Waals surface area (Å²) in [6.07, 6.45) is 1.80. The zero-order chi connectivity index (χ0) is 15.7. The van der Waals surface area contributed by atoms with E-state index in [0.29, 0.717) is 13.2 Å². The Balaban J connectivity index is 2.66. The maximum atomic E-state index is 12.2. The number of hydrogen-bond acceptors (Lipinski definition) is 4. The first-order valence-electron chi connectivity index (χ1n) is 7.49. The van der Waals surface area contributed by atoms with Crippen molar-refractivity contribution in [1.29, 1.82) is 0 Å².